The number of rotatable bonds is 6. The SMILES string of the molecule is Cc1ccc2c(c1)CC[C@H](c1ccccc1)[C@@H]2c1ccc(OCCC2CCC(O)C2)cc1. The Labute approximate surface area is 192 Å². The summed E-state index contributed by atoms with van der Waals surface area (Å²) in [5.74, 6) is 2.42. The van der Waals surface area contributed by atoms with E-state index in [9.17, 15) is 5.11 Å². The van der Waals surface area contributed by atoms with E-state index in [2.05, 4.69) is 79.7 Å². The second-order valence-corrected chi connectivity index (χ2v) is 9.77. The maximum Gasteiger partial charge on any atom is 0.119 e. The summed E-state index contributed by atoms with van der Waals surface area (Å²) in [6.45, 7) is 2.92. The van der Waals surface area contributed by atoms with Crippen molar-refractivity contribution >= 4 is 0 Å². The molecule has 2 aliphatic rings. The Kier molecular flexibility index (Phi) is 6.32. The van der Waals surface area contributed by atoms with Crippen LogP contribution in [0.3, 0.4) is 0 Å². The topological polar surface area (TPSA) is 29.5 Å². The normalized spacial score (nSPS) is 24.8. The Hall–Kier alpha value is -2.58. The zero-order valence-corrected chi connectivity index (χ0v) is 19.0. The average molecular weight is 427 g/mol. The van der Waals surface area contributed by atoms with Gasteiger partial charge in [-0.3, -0.25) is 0 Å². The quantitative estimate of drug-likeness (QED) is 0.470. The van der Waals surface area contributed by atoms with Gasteiger partial charge in [-0.15, -0.1) is 0 Å². The second kappa shape index (κ2) is 9.50. The lowest BCUT2D eigenvalue weighted by Gasteiger charge is -2.35. The molecule has 0 amide bonds. The molecule has 2 aliphatic carbocycles. The molecule has 0 bridgehead atoms. The van der Waals surface area contributed by atoms with Gasteiger partial charge in [-0.25, -0.2) is 0 Å². The van der Waals surface area contributed by atoms with E-state index in [-0.39, 0.29) is 6.10 Å². The number of aliphatic hydroxyl groups excluding tert-OH is 1. The third-order valence-corrected chi connectivity index (χ3v) is 7.54. The first-order chi connectivity index (χ1) is 15.7. The van der Waals surface area contributed by atoms with E-state index < -0.39 is 0 Å². The molecule has 2 heteroatoms. The first kappa shape index (κ1) is 21.3. The third-order valence-electron chi connectivity index (χ3n) is 7.54. The fourth-order valence-corrected chi connectivity index (χ4v) is 5.85. The number of aliphatic hydroxyl groups is 1. The number of benzene rings is 3. The van der Waals surface area contributed by atoms with Crippen LogP contribution in [0.4, 0.5) is 0 Å². The molecule has 2 nitrogen and oxygen atoms in total. The lowest BCUT2D eigenvalue weighted by molar-refractivity contribution is 0.174. The molecular weight excluding hydrogens is 392 g/mol. The van der Waals surface area contributed by atoms with Gasteiger partial charge in [-0.05, 0) is 91.7 Å². The van der Waals surface area contributed by atoms with Gasteiger partial charge in [0.2, 0.25) is 0 Å². The van der Waals surface area contributed by atoms with E-state index in [4.69, 9.17) is 4.74 Å². The number of hydrogen-bond acceptors (Lipinski definition) is 2. The van der Waals surface area contributed by atoms with Crippen molar-refractivity contribution in [2.45, 2.75) is 63.4 Å². The molecule has 0 saturated heterocycles. The maximum atomic E-state index is 9.72. The fourth-order valence-electron chi connectivity index (χ4n) is 5.85. The molecule has 3 aromatic rings. The van der Waals surface area contributed by atoms with Crippen LogP contribution in [0, 0.1) is 12.8 Å². The molecule has 5 rings (SSSR count). The predicted octanol–water partition coefficient (Wildman–Crippen LogP) is 6.79. The van der Waals surface area contributed by atoms with E-state index in [1.54, 1.807) is 0 Å². The van der Waals surface area contributed by atoms with Crippen LogP contribution >= 0.6 is 0 Å². The molecule has 1 fully saturated rings. The van der Waals surface area contributed by atoms with Crippen LogP contribution < -0.4 is 4.74 Å². The molecule has 0 spiro atoms. The summed E-state index contributed by atoms with van der Waals surface area (Å²) in [7, 11) is 0. The first-order valence-corrected chi connectivity index (χ1v) is 12.2. The van der Waals surface area contributed by atoms with Crippen LogP contribution in [-0.4, -0.2) is 17.8 Å². The van der Waals surface area contributed by atoms with Gasteiger partial charge in [-0.2, -0.15) is 0 Å². The summed E-state index contributed by atoms with van der Waals surface area (Å²) in [5.41, 5.74) is 7.13. The van der Waals surface area contributed by atoms with Crippen molar-refractivity contribution in [2.24, 2.45) is 5.92 Å². The summed E-state index contributed by atoms with van der Waals surface area (Å²) >= 11 is 0. The van der Waals surface area contributed by atoms with Gasteiger partial charge in [0.15, 0.2) is 0 Å². The standard InChI is InChI=1S/C30H34O2/c1-21-7-15-29-25(19-21)11-16-28(23-5-3-2-4-6-23)30(29)24-9-13-27(14-10-24)32-18-17-22-8-12-26(31)20-22/h2-7,9-10,13-15,19,22,26,28,30-31H,8,11-12,16-18,20H2,1H3/t22?,26?,28-,30+/m1/s1. The largest absolute Gasteiger partial charge is 0.494 e. The summed E-state index contributed by atoms with van der Waals surface area (Å²) in [6, 6.07) is 26.8. The van der Waals surface area contributed by atoms with E-state index in [1.807, 2.05) is 0 Å². The van der Waals surface area contributed by atoms with Gasteiger partial charge in [-0.1, -0.05) is 66.2 Å². The Morgan fingerprint density at radius 2 is 1.69 bits per heavy atom. The molecule has 3 aromatic carbocycles. The minimum atomic E-state index is -0.0981. The zero-order chi connectivity index (χ0) is 21.9. The highest BCUT2D eigenvalue weighted by molar-refractivity contribution is 5.47. The summed E-state index contributed by atoms with van der Waals surface area (Å²) in [5, 5.41) is 9.72. The van der Waals surface area contributed by atoms with Gasteiger partial charge in [0.05, 0.1) is 12.7 Å². The van der Waals surface area contributed by atoms with Crippen LogP contribution in [0.1, 0.15) is 71.8 Å². The molecule has 1 N–H and O–H groups in total. The molecule has 0 radical (unpaired) electrons. The molecule has 2 unspecified atom stereocenters. The molecule has 0 aromatic heterocycles. The number of fused-ring (bicyclic) bond motifs is 1. The smallest absolute Gasteiger partial charge is 0.119 e. The molecule has 0 aliphatic heterocycles. The van der Waals surface area contributed by atoms with Gasteiger partial charge < -0.3 is 9.84 Å². The van der Waals surface area contributed by atoms with Crippen molar-refractivity contribution < 1.29 is 9.84 Å². The Morgan fingerprint density at radius 3 is 2.44 bits per heavy atom. The van der Waals surface area contributed by atoms with Crippen molar-refractivity contribution in [2.75, 3.05) is 6.61 Å². The first-order valence-electron chi connectivity index (χ1n) is 12.2. The van der Waals surface area contributed by atoms with Crippen molar-refractivity contribution in [3.63, 3.8) is 0 Å². The van der Waals surface area contributed by atoms with Crippen LogP contribution in [0.2, 0.25) is 0 Å². The molecule has 1 saturated carbocycles. The average Bonchev–Trinajstić information content (AvgIpc) is 3.24. The lowest BCUT2D eigenvalue weighted by Crippen LogP contribution is -2.20. The van der Waals surface area contributed by atoms with Crippen molar-refractivity contribution in [3.8, 4) is 5.75 Å². The van der Waals surface area contributed by atoms with Crippen molar-refractivity contribution in [3.05, 3.63) is 101 Å². The second-order valence-electron chi connectivity index (χ2n) is 9.77. The predicted molar refractivity (Wildman–Crippen MR) is 130 cm³/mol. The Bertz CT molecular complexity index is 1020. The minimum Gasteiger partial charge on any atom is -0.494 e. The highest BCUT2D eigenvalue weighted by atomic mass is 16.5. The van der Waals surface area contributed by atoms with Crippen LogP contribution in [0.5, 0.6) is 5.75 Å². The molecule has 4 atom stereocenters. The third kappa shape index (κ3) is 4.61. The van der Waals surface area contributed by atoms with Crippen molar-refractivity contribution in [1.29, 1.82) is 0 Å². The van der Waals surface area contributed by atoms with Crippen LogP contribution in [0.15, 0.2) is 72.8 Å². The van der Waals surface area contributed by atoms with E-state index in [1.165, 1.54) is 34.2 Å². The maximum absolute atomic E-state index is 9.72. The fraction of sp³-hybridized carbons (Fsp3) is 0.400. The zero-order valence-electron chi connectivity index (χ0n) is 19.0. The molecular formula is C30H34O2. The molecule has 32 heavy (non-hydrogen) atoms. The molecule has 166 valence electrons. The summed E-state index contributed by atoms with van der Waals surface area (Å²) in [6.07, 6.45) is 6.27. The number of aryl methyl sites for hydroxylation is 2. The Balaban J connectivity index is 1.35. The summed E-state index contributed by atoms with van der Waals surface area (Å²) in [4.78, 5) is 0. The number of hydrogen-bond donors (Lipinski definition) is 1. The van der Waals surface area contributed by atoms with E-state index in [0.29, 0.717) is 17.8 Å². The monoisotopic (exact) mass is 426 g/mol. The van der Waals surface area contributed by atoms with E-state index >= 15 is 0 Å². The summed E-state index contributed by atoms with van der Waals surface area (Å²) < 4.78 is 6.06. The van der Waals surface area contributed by atoms with Crippen LogP contribution in [-0.2, 0) is 6.42 Å². The van der Waals surface area contributed by atoms with Crippen molar-refractivity contribution in [1.82, 2.24) is 0 Å². The van der Waals surface area contributed by atoms with Gasteiger partial charge in [0.1, 0.15) is 5.75 Å². The Morgan fingerprint density at radius 1 is 0.875 bits per heavy atom. The van der Waals surface area contributed by atoms with Gasteiger partial charge in [0.25, 0.3) is 0 Å². The lowest BCUT2D eigenvalue weighted by atomic mass is 9.69. The van der Waals surface area contributed by atoms with Crippen LogP contribution in [0.25, 0.3) is 0 Å². The number of ether oxygens (including phenoxy) is 1. The van der Waals surface area contributed by atoms with E-state index in [0.717, 1.165) is 44.5 Å². The van der Waals surface area contributed by atoms with Gasteiger partial charge >= 0.3 is 0 Å². The van der Waals surface area contributed by atoms with Gasteiger partial charge in [0, 0.05) is 5.92 Å². The highest BCUT2D eigenvalue weighted by Crippen LogP contribution is 2.46. The minimum absolute atomic E-state index is 0.0981. The molecule has 0 heterocycles. The highest BCUT2D eigenvalue weighted by Gasteiger charge is 2.32.